The van der Waals surface area contributed by atoms with E-state index in [-0.39, 0.29) is 42.7 Å². The third kappa shape index (κ3) is 7.15. The van der Waals surface area contributed by atoms with Gasteiger partial charge in [0.1, 0.15) is 0 Å². The van der Waals surface area contributed by atoms with E-state index in [1.165, 1.54) is 0 Å². The van der Waals surface area contributed by atoms with Crippen molar-refractivity contribution in [2.45, 2.75) is 32.2 Å². The number of nitrogens with two attached hydrogens (primary N) is 1. The molecule has 7 heteroatoms. The van der Waals surface area contributed by atoms with E-state index < -0.39 is 0 Å². The zero-order chi connectivity index (χ0) is 13.7. The lowest BCUT2D eigenvalue weighted by atomic mass is 10.1. The number of halogens is 2. The highest BCUT2D eigenvalue weighted by Crippen LogP contribution is 2.24. The number of rotatable bonds is 5. The fourth-order valence-electron chi connectivity index (χ4n) is 2.96. The predicted octanol–water partition coefficient (Wildman–Crippen LogP) is 1.04. The zero-order valence-electron chi connectivity index (χ0n) is 12.8. The molecule has 1 amide bonds. The molecule has 0 aromatic heterocycles. The van der Waals surface area contributed by atoms with Crippen LogP contribution in [0.15, 0.2) is 0 Å². The number of hydrogen-bond acceptors (Lipinski definition) is 4. The van der Waals surface area contributed by atoms with Crippen LogP contribution < -0.4 is 11.1 Å². The molecule has 1 aliphatic heterocycles. The fourth-order valence-corrected chi connectivity index (χ4v) is 2.96. The maximum Gasteiger partial charge on any atom is 0.223 e. The average molecular weight is 342 g/mol. The first-order valence-corrected chi connectivity index (χ1v) is 7.48. The molecule has 1 aliphatic carbocycles. The second-order valence-electron chi connectivity index (χ2n) is 6.03. The largest absolute Gasteiger partial charge is 0.379 e. The van der Waals surface area contributed by atoms with Crippen molar-refractivity contribution in [3.05, 3.63) is 0 Å². The summed E-state index contributed by atoms with van der Waals surface area (Å²) < 4.78 is 5.33. The molecule has 2 aliphatic rings. The third-order valence-electron chi connectivity index (χ3n) is 4.14. The van der Waals surface area contributed by atoms with Gasteiger partial charge in [0.05, 0.1) is 13.2 Å². The van der Waals surface area contributed by atoms with E-state index in [2.05, 4.69) is 17.1 Å². The molecule has 2 rings (SSSR count). The first-order valence-electron chi connectivity index (χ1n) is 7.48. The molecular formula is C14H29Cl2N3O2. The minimum atomic E-state index is 0. The smallest absolute Gasteiger partial charge is 0.223 e. The molecule has 21 heavy (non-hydrogen) atoms. The van der Waals surface area contributed by atoms with Crippen molar-refractivity contribution in [1.29, 1.82) is 0 Å². The number of carbonyl (C=O) groups is 1. The Morgan fingerprint density at radius 3 is 2.57 bits per heavy atom. The van der Waals surface area contributed by atoms with Crippen LogP contribution in [0, 0.1) is 11.8 Å². The van der Waals surface area contributed by atoms with Crippen molar-refractivity contribution in [3.8, 4) is 0 Å². The molecule has 1 saturated carbocycles. The van der Waals surface area contributed by atoms with Crippen LogP contribution in [0.25, 0.3) is 0 Å². The Balaban J connectivity index is 0.00000200. The van der Waals surface area contributed by atoms with Crippen molar-refractivity contribution in [2.75, 3.05) is 39.4 Å². The molecule has 126 valence electrons. The lowest BCUT2D eigenvalue weighted by Crippen LogP contribution is -2.42. The van der Waals surface area contributed by atoms with Crippen LogP contribution in [-0.2, 0) is 9.53 Å². The number of nitrogens with zero attached hydrogens (tertiary/aromatic N) is 1. The Kier molecular flexibility index (Phi) is 10.6. The molecular weight excluding hydrogens is 313 g/mol. The van der Waals surface area contributed by atoms with Crippen molar-refractivity contribution in [3.63, 3.8) is 0 Å². The van der Waals surface area contributed by atoms with Crippen LogP contribution in [0.3, 0.4) is 0 Å². The van der Waals surface area contributed by atoms with Gasteiger partial charge in [-0.25, -0.2) is 0 Å². The van der Waals surface area contributed by atoms with Crippen molar-refractivity contribution < 1.29 is 9.53 Å². The monoisotopic (exact) mass is 341 g/mol. The fraction of sp³-hybridized carbons (Fsp3) is 0.929. The maximum atomic E-state index is 12.0. The number of carbonyl (C=O) groups excluding carboxylic acids is 1. The van der Waals surface area contributed by atoms with E-state index in [0.29, 0.717) is 5.92 Å². The Bertz CT molecular complexity index is 302. The van der Waals surface area contributed by atoms with E-state index in [1.54, 1.807) is 0 Å². The van der Waals surface area contributed by atoms with Gasteiger partial charge in [-0.15, -0.1) is 24.8 Å². The van der Waals surface area contributed by atoms with Gasteiger partial charge >= 0.3 is 0 Å². The van der Waals surface area contributed by atoms with Crippen LogP contribution in [0.1, 0.15) is 26.2 Å². The molecule has 0 bridgehead atoms. The standard InChI is InChI=1S/C14H27N3O2.2ClH/c1-11(10-17-4-6-19-7-5-17)9-16-14(18)12-2-3-13(15)8-12;;/h11-13H,2-10,15H2,1H3,(H,16,18);2*1H. The molecule has 0 aromatic rings. The molecule has 1 heterocycles. The van der Waals surface area contributed by atoms with Crippen LogP contribution >= 0.6 is 24.8 Å². The molecule has 3 atom stereocenters. The quantitative estimate of drug-likeness (QED) is 0.784. The molecule has 0 spiro atoms. The van der Waals surface area contributed by atoms with Gasteiger partial charge in [0.25, 0.3) is 0 Å². The number of morpholine rings is 1. The minimum Gasteiger partial charge on any atom is -0.379 e. The van der Waals surface area contributed by atoms with Gasteiger partial charge in [0, 0.05) is 38.1 Å². The lowest BCUT2D eigenvalue weighted by Gasteiger charge is -2.29. The summed E-state index contributed by atoms with van der Waals surface area (Å²) in [6.45, 7) is 7.68. The highest BCUT2D eigenvalue weighted by molar-refractivity contribution is 5.85. The molecule has 1 saturated heterocycles. The molecule has 2 fully saturated rings. The van der Waals surface area contributed by atoms with E-state index in [0.717, 1.165) is 58.7 Å². The zero-order valence-corrected chi connectivity index (χ0v) is 14.4. The first kappa shape index (κ1) is 20.9. The topological polar surface area (TPSA) is 67.6 Å². The number of amides is 1. The summed E-state index contributed by atoms with van der Waals surface area (Å²) in [5, 5.41) is 3.08. The van der Waals surface area contributed by atoms with Crippen LogP contribution in [-0.4, -0.2) is 56.2 Å². The van der Waals surface area contributed by atoms with Gasteiger partial charge in [-0.05, 0) is 25.2 Å². The summed E-state index contributed by atoms with van der Waals surface area (Å²) in [6.07, 6.45) is 2.79. The number of hydrogen-bond donors (Lipinski definition) is 2. The van der Waals surface area contributed by atoms with E-state index in [1.807, 2.05) is 0 Å². The van der Waals surface area contributed by atoms with Gasteiger partial charge < -0.3 is 15.8 Å². The Morgan fingerprint density at radius 1 is 1.33 bits per heavy atom. The molecule has 5 nitrogen and oxygen atoms in total. The number of nitrogens with one attached hydrogen (secondary N) is 1. The minimum absolute atomic E-state index is 0. The van der Waals surface area contributed by atoms with Crippen molar-refractivity contribution in [2.24, 2.45) is 17.6 Å². The summed E-state index contributed by atoms with van der Waals surface area (Å²) in [6, 6.07) is 0.224. The van der Waals surface area contributed by atoms with Crippen LogP contribution in [0.4, 0.5) is 0 Å². The van der Waals surface area contributed by atoms with E-state index in [4.69, 9.17) is 10.5 Å². The van der Waals surface area contributed by atoms with Crippen LogP contribution in [0.2, 0.25) is 0 Å². The highest BCUT2D eigenvalue weighted by Gasteiger charge is 2.27. The lowest BCUT2D eigenvalue weighted by molar-refractivity contribution is -0.125. The normalized spacial score (nSPS) is 27.3. The van der Waals surface area contributed by atoms with Crippen molar-refractivity contribution in [1.82, 2.24) is 10.2 Å². The second kappa shape index (κ2) is 10.6. The van der Waals surface area contributed by atoms with Gasteiger partial charge in [-0.2, -0.15) is 0 Å². The average Bonchev–Trinajstić information content (AvgIpc) is 2.84. The SMILES string of the molecule is CC(CNC(=O)C1CCC(N)C1)CN1CCOCC1.Cl.Cl. The Labute approximate surface area is 140 Å². The molecule has 0 aromatic carbocycles. The van der Waals surface area contributed by atoms with Gasteiger partial charge in [0.15, 0.2) is 0 Å². The summed E-state index contributed by atoms with van der Waals surface area (Å²) >= 11 is 0. The predicted molar refractivity (Wildman–Crippen MR) is 89.2 cm³/mol. The summed E-state index contributed by atoms with van der Waals surface area (Å²) in [5.74, 6) is 0.824. The van der Waals surface area contributed by atoms with E-state index >= 15 is 0 Å². The third-order valence-corrected chi connectivity index (χ3v) is 4.14. The highest BCUT2D eigenvalue weighted by atomic mass is 35.5. The number of ether oxygens (including phenoxy) is 1. The molecule has 3 unspecified atom stereocenters. The molecule has 3 N–H and O–H groups in total. The summed E-state index contributed by atoms with van der Waals surface area (Å²) in [5.41, 5.74) is 5.84. The van der Waals surface area contributed by atoms with Gasteiger partial charge in [0.2, 0.25) is 5.91 Å². The first-order chi connectivity index (χ1) is 9.15. The van der Waals surface area contributed by atoms with Gasteiger partial charge in [-0.1, -0.05) is 6.92 Å². The summed E-state index contributed by atoms with van der Waals surface area (Å²) in [7, 11) is 0. The molecule has 0 radical (unpaired) electrons. The Hall–Kier alpha value is -0.0700. The summed E-state index contributed by atoms with van der Waals surface area (Å²) in [4.78, 5) is 14.4. The maximum absolute atomic E-state index is 12.0. The van der Waals surface area contributed by atoms with Crippen LogP contribution in [0.5, 0.6) is 0 Å². The Morgan fingerprint density at radius 2 is 2.00 bits per heavy atom. The second-order valence-corrected chi connectivity index (χ2v) is 6.03. The van der Waals surface area contributed by atoms with Crippen molar-refractivity contribution >= 4 is 30.7 Å². The van der Waals surface area contributed by atoms with Gasteiger partial charge in [-0.3, -0.25) is 9.69 Å². The van der Waals surface area contributed by atoms with E-state index in [9.17, 15) is 4.79 Å².